The van der Waals surface area contributed by atoms with E-state index < -0.39 is 0 Å². The van der Waals surface area contributed by atoms with Crippen molar-refractivity contribution in [3.8, 4) is 0 Å². The average Bonchev–Trinajstić information content (AvgIpc) is 3.34. The number of nitrogens with zero attached hydrogens (tertiary/aromatic N) is 2. The summed E-state index contributed by atoms with van der Waals surface area (Å²) in [4.78, 5) is 29.4. The second-order valence-electron chi connectivity index (χ2n) is 8.03. The maximum absolute atomic E-state index is 12.9. The Morgan fingerprint density at radius 1 is 1.00 bits per heavy atom. The lowest BCUT2D eigenvalue weighted by Gasteiger charge is -2.31. The summed E-state index contributed by atoms with van der Waals surface area (Å²) < 4.78 is 0. The summed E-state index contributed by atoms with van der Waals surface area (Å²) in [7, 11) is 0. The number of carbonyl (C=O) groups is 2. The van der Waals surface area contributed by atoms with Crippen LogP contribution in [0.2, 0.25) is 0 Å². The quantitative estimate of drug-likeness (QED) is 0.882. The SMILES string of the molecule is O=C(NC1CC1)C1CCN(C(=O)c2cccc(CN3CCCC3)c2)CC1. The molecule has 1 N–H and O–H groups in total. The Balaban J connectivity index is 1.32. The number of benzene rings is 1. The van der Waals surface area contributed by atoms with Crippen molar-refractivity contribution in [2.75, 3.05) is 26.2 Å². The minimum Gasteiger partial charge on any atom is -0.353 e. The Morgan fingerprint density at radius 3 is 2.42 bits per heavy atom. The number of amides is 2. The van der Waals surface area contributed by atoms with Crippen LogP contribution in [-0.2, 0) is 11.3 Å². The van der Waals surface area contributed by atoms with Crippen LogP contribution in [0.25, 0.3) is 0 Å². The molecule has 1 aromatic rings. The van der Waals surface area contributed by atoms with Gasteiger partial charge in [-0.3, -0.25) is 14.5 Å². The second kappa shape index (κ2) is 7.78. The lowest BCUT2D eigenvalue weighted by atomic mass is 9.95. The molecule has 3 fully saturated rings. The Hall–Kier alpha value is -1.88. The molecule has 0 unspecified atom stereocenters. The van der Waals surface area contributed by atoms with Crippen LogP contribution in [0.5, 0.6) is 0 Å². The number of nitrogens with one attached hydrogen (secondary N) is 1. The van der Waals surface area contributed by atoms with E-state index in [9.17, 15) is 9.59 Å². The van der Waals surface area contributed by atoms with Crippen LogP contribution in [0.3, 0.4) is 0 Å². The molecule has 5 heteroatoms. The highest BCUT2D eigenvalue weighted by atomic mass is 16.2. The molecule has 2 saturated heterocycles. The van der Waals surface area contributed by atoms with Gasteiger partial charge in [-0.15, -0.1) is 0 Å². The number of piperidine rings is 1. The first-order chi connectivity index (χ1) is 12.7. The molecule has 2 aliphatic heterocycles. The minimum absolute atomic E-state index is 0.0705. The van der Waals surface area contributed by atoms with Crippen molar-refractivity contribution < 1.29 is 9.59 Å². The molecule has 2 heterocycles. The molecule has 3 aliphatic rings. The van der Waals surface area contributed by atoms with Gasteiger partial charge in [0, 0.05) is 37.2 Å². The lowest BCUT2D eigenvalue weighted by Crippen LogP contribution is -2.43. The molecule has 1 aromatic carbocycles. The molecule has 5 nitrogen and oxygen atoms in total. The van der Waals surface area contributed by atoms with Crippen LogP contribution in [-0.4, -0.2) is 53.8 Å². The summed E-state index contributed by atoms with van der Waals surface area (Å²) in [5.74, 6) is 0.364. The van der Waals surface area contributed by atoms with Gasteiger partial charge in [0.1, 0.15) is 0 Å². The fraction of sp³-hybridized carbons (Fsp3) is 0.619. The number of rotatable bonds is 5. The zero-order valence-corrected chi connectivity index (χ0v) is 15.5. The fourth-order valence-corrected chi connectivity index (χ4v) is 4.08. The van der Waals surface area contributed by atoms with E-state index >= 15 is 0 Å². The van der Waals surface area contributed by atoms with Gasteiger partial charge >= 0.3 is 0 Å². The molecule has 0 bridgehead atoms. The second-order valence-corrected chi connectivity index (χ2v) is 8.03. The first-order valence-corrected chi connectivity index (χ1v) is 10.1. The van der Waals surface area contributed by atoms with Crippen molar-refractivity contribution >= 4 is 11.8 Å². The molecular formula is C21H29N3O2. The fourth-order valence-electron chi connectivity index (χ4n) is 4.08. The third-order valence-corrected chi connectivity index (χ3v) is 5.86. The van der Waals surface area contributed by atoms with E-state index in [-0.39, 0.29) is 17.7 Å². The molecule has 4 rings (SSSR count). The zero-order chi connectivity index (χ0) is 17.9. The normalized spacial score (nSPS) is 21.8. The van der Waals surface area contributed by atoms with E-state index in [1.165, 1.54) is 18.4 Å². The van der Waals surface area contributed by atoms with E-state index in [4.69, 9.17) is 0 Å². The van der Waals surface area contributed by atoms with Gasteiger partial charge in [0.2, 0.25) is 5.91 Å². The molecule has 0 spiro atoms. The van der Waals surface area contributed by atoms with Crippen LogP contribution in [0, 0.1) is 5.92 Å². The molecule has 1 aliphatic carbocycles. The molecular weight excluding hydrogens is 326 g/mol. The van der Waals surface area contributed by atoms with Gasteiger partial charge in [-0.1, -0.05) is 12.1 Å². The highest BCUT2D eigenvalue weighted by Gasteiger charge is 2.31. The van der Waals surface area contributed by atoms with Gasteiger partial charge in [-0.2, -0.15) is 0 Å². The highest BCUT2D eigenvalue weighted by molar-refractivity contribution is 5.94. The number of hydrogen-bond acceptors (Lipinski definition) is 3. The van der Waals surface area contributed by atoms with Crippen molar-refractivity contribution in [2.45, 2.75) is 51.1 Å². The molecule has 0 radical (unpaired) electrons. The van der Waals surface area contributed by atoms with Gasteiger partial charge in [0.05, 0.1) is 0 Å². The van der Waals surface area contributed by atoms with Gasteiger partial charge in [0.25, 0.3) is 5.91 Å². The Morgan fingerprint density at radius 2 is 1.73 bits per heavy atom. The van der Waals surface area contributed by atoms with Crippen LogP contribution in [0.1, 0.15) is 54.4 Å². The van der Waals surface area contributed by atoms with E-state index in [1.54, 1.807) is 0 Å². The van der Waals surface area contributed by atoms with Crippen molar-refractivity contribution in [1.82, 2.24) is 15.1 Å². The summed E-state index contributed by atoms with van der Waals surface area (Å²) in [6.07, 6.45) is 6.35. The molecule has 2 amide bonds. The summed E-state index contributed by atoms with van der Waals surface area (Å²) >= 11 is 0. The average molecular weight is 355 g/mol. The molecule has 26 heavy (non-hydrogen) atoms. The number of likely N-dealkylation sites (tertiary alicyclic amines) is 2. The van der Waals surface area contributed by atoms with E-state index in [0.717, 1.165) is 50.9 Å². The summed E-state index contributed by atoms with van der Waals surface area (Å²) in [6, 6.07) is 8.49. The van der Waals surface area contributed by atoms with Crippen LogP contribution < -0.4 is 5.32 Å². The monoisotopic (exact) mass is 355 g/mol. The highest BCUT2D eigenvalue weighted by Crippen LogP contribution is 2.23. The van der Waals surface area contributed by atoms with Crippen LogP contribution in [0.15, 0.2) is 24.3 Å². The smallest absolute Gasteiger partial charge is 0.253 e. The van der Waals surface area contributed by atoms with Crippen LogP contribution in [0.4, 0.5) is 0 Å². The zero-order valence-electron chi connectivity index (χ0n) is 15.5. The Kier molecular flexibility index (Phi) is 5.25. The third-order valence-electron chi connectivity index (χ3n) is 5.86. The summed E-state index contributed by atoms with van der Waals surface area (Å²) in [6.45, 7) is 4.61. The van der Waals surface area contributed by atoms with Gasteiger partial charge in [-0.05, 0) is 69.3 Å². The minimum atomic E-state index is 0.0705. The predicted octanol–water partition coefficient (Wildman–Crippen LogP) is 2.41. The first kappa shape index (κ1) is 17.5. The van der Waals surface area contributed by atoms with Crippen molar-refractivity contribution in [2.24, 2.45) is 5.92 Å². The molecule has 140 valence electrons. The maximum atomic E-state index is 12.9. The van der Waals surface area contributed by atoms with Crippen LogP contribution >= 0.6 is 0 Å². The van der Waals surface area contributed by atoms with Gasteiger partial charge in [0.15, 0.2) is 0 Å². The standard InChI is InChI=1S/C21H29N3O2/c25-20(22-19-6-7-19)17-8-12-24(13-9-17)21(26)18-5-3-4-16(14-18)15-23-10-1-2-11-23/h3-5,14,17,19H,1-2,6-13,15H2,(H,22,25). The Bertz CT molecular complexity index is 657. The van der Waals surface area contributed by atoms with Gasteiger partial charge in [-0.25, -0.2) is 0 Å². The molecule has 0 atom stereocenters. The topological polar surface area (TPSA) is 52.7 Å². The number of carbonyl (C=O) groups excluding carboxylic acids is 2. The predicted molar refractivity (Wildman–Crippen MR) is 101 cm³/mol. The van der Waals surface area contributed by atoms with E-state index in [1.807, 2.05) is 23.1 Å². The Labute approximate surface area is 155 Å². The molecule has 1 saturated carbocycles. The maximum Gasteiger partial charge on any atom is 0.253 e. The first-order valence-electron chi connectivity index (χ1n) is 10.1. The van der Waals surface area contributed by atoms with Crippen molar-refractivity contribution in [3.63, 3.8) is 0 Å². The number of hydrogen-bond donors (Lipinski definition) is 1. The third kappa shape index (κ3) is 4.26. The largest absolute Gasteiger partial charge is 0.353 e. The van der Waals surface area contributed by atoms with E-state index in [0.29, 0.717) is 19.1 Å². The lowest BCUT2D eigenvalue weighted by molar-refractivity contribution is -0.126. The van der Waals surface area contributed by atoms with Crippen molar-refractivity contribution in [3.05, 3.63) is 35.4 Å². The van der Waals surface area contributed by atoms with E-state index in [2.05, 4.69) is 16.3 Å². The van der Waals surface area contributed by atoms with Crippen molar-refractivity contribution in [1.29, 1.82) is 0 Å². The van der Waals surface area contributed by atoms with Gasteiger partial charge < -0.3 is 10.2 Å². The summed E-state index contributed by atoms with van der Waals surface area (Å²) in [5, 5.41) is 3.09. The summed E-state index contributed by atoms with van der Waals surface area (Å²) in [5.41, 5.74) is 2.00. The molecule has 0 aromatic heterocycles.